The van der Waals surface area contributed by atoms with Crippen molar-refractivity contribution in [1.29, 1.82) is 0 Å². The quantitative estimate of drug-likeness (QED) is 0.0843. The van der Waals surface area contributed by atoms with Gasteiger partial charge in [0, 0.05) is 44.3 Å². The van der Waals surface area contributed by atoms with Crippen LogP contribution in [-0.2, 0) is 0 Å². The van der Waals surface area contributed by atoms with Gasteiger partial charge in [-0.3, -0.25) is 4.79 Å². The van der Waals surface area contributed by atoms with E-state index in [4.69, 9.17) is 61.0 Å². The average molecular weight is 735 g/mol. The zero-order chi connectivity index (χ0) is 35.4. The fourth-order valence-electron chi connectivity index (χ4n) is 5.57. The maximum absolute atomic E-state index is 14.2. The van der Waals surface area contributed by atoms with Gasteiger partial charge in [-0.1, -0.05) is 41.4 Å². The molecule has 0 aliphatic heterocycles. The molecule has 9 nitrogen and oxygen atoms in total. The summed E-state index contributed by atoms with van der Waals surface area (Å²) in [5, 5.41) is 2.33. The van der Waals surface area contributed by atoms with Crippen LogP contribution in [-0.4, -0.2) is 52.9 Å². The lowest BCUT2D eigenvalue weighted by Gasteiger charge is -2.17. The molecule has 0 atom stereocenters. The van der Waals surface area contributed by atoms with E-state index in [1.807, 2.05) is 36.4 Å². The van der Waals surface area contributed by atoms with E-state index in [9.17, 15) is 4.79 Å². The Morgan fingerprint density at radius 1 is 0.780 bits per heavy atom. The molecule has 0 saturated heterocycles. The van der Waals surface area contributed by atoms with Crippen molar-refractivity contribution in [2.24, 2.45) is 0 Å². The Morgan fingerprint density at radius 3 is 2.20 bits per heavy atom. The predicted molar refractivity (Wildman–Crippen MR) is 199 cm³/mol. The first-order valence-corrected chi connectivity index (χ1v) is 17.2. The standard InChI is InChI=1S/C38H33Cl2NO8S/c1-43-23-18-29(44-2)34-30(19-23)49-36(21-15-31(45-3)37(47-5)32(16-21)46-4)38(35(34)42)48-13-8-14-50-33-20-28(24-12-11-22(39)17-26(24)40)41-27-10-7-6-9-25(27)33/h6-7,9-12,15-20H,8,13-14H2,1-5H3. The Labute approximate surface area is 302 Å². The lowest BCUT2D eigenvalue weighted by atomic mass is 10.1. The summed E-state index contributed by atoms with van der Waals surface area (Å²) in [6.45, 7) is 0.220. The lowest BCUT2D eigenvalue weighted by molar-refractivity contribution is 0.309. The maximum Gasteiger partial charge on any atom is 0.239 e. The molecule has 12 heteroatoms. The average Bonchev–Trinajstić information content (AvgIpc) is 3.13. The molecule has 0 saturated carbocycles. The van der Waals surface area contributed by atoms with Crippen LogP contribution in [0.15, 0.2) is 86.9 Å². The molecule has 0 fully saturated rings. The Balaban J connectivity index is 1.32. The third-order valence-electron chi connectivity index (χ3n) is 7.95. The first-order chi connectivity index (χ1) is 24.3. The molecule has 0 aliphatic rings. The highest BCUT2D eigenvalue weighted by Crippen LogP contribution is 2.44. The van der Waals surface area contributed by atoms with Crippen molar-refractivity contribution in [2.75, 3.05) is 47.9 Å². The number of benzene rings is 4. The van der Waals surface area contributed by atoms with Gasteiger partial charge in [-0.2, -0.15) is 0 Å². The van der Waals surface area contributed by atoms with Crippen LogP contribution in [0.3, 0.4) is 0 Å². The highest BCUT2D eigenvalue weighted by Gasteiger charge is 2.24. The summed E-state index contributed by atoms with van der Waals surface area (Å²) in [6, 6.07) is 22.0. The van der Waals surface area contributed by atoms with Gasteiger partial charge >= 0.3 is 0 Å². The summed E-state index contributed by atoms with van der Waals surface area (Å²) in [5.41, 5.74) is 2.75. The predicted octanol–water partition coefficient (Wildman–Crippen LogP) is 9.59. The van der Waals surface area contributed by atoms with Crippen molar-refractivity contribution < 1.29 is 32.8 Å². The number of para-hydroxylation sites is 1. The van der Waals surface area contributed by atoms with Crippen molar-refractivity contribution in [2.45, 2.75) is 11.3 Å². The van der Waals surface area contributed by atoms with Crippen molar-refractivity contribution in [1.82, 2.24) is 4.98 Å². The zero-order valence-corrected chi connectivity index (χ0v) is 30.3. The number of pyridine rings is 1. The molecule has 50 heavy (non-hydrogen) atoms. The van der Waals surface area contributed by atoms with E-state index in [2.05, 4.69) is 0 Å². The van der Waals surface area contributed by atoms with Gasteiger partial charge in [-0.05, 0) is 48.9 Å². The SMILES string of the molecule is COc1cc(OC)c2c(=O)c(OCCCSc3cc(-c4ccc(Cl)cc4Cl)nc4ccccc34)c(-c3cc(OC)c(OC)c(OC)c3)oc2c1. The monoisotopic (exact) mass is 733 g/mol. The molecule has 4 aromatic carbocycles. The van der Waals surface area contributed by atoms with Crippen LogP contribution in [0.1, 0.15) is 6.42 Å². The topological polar surface area (TPSA) is 98.5 Å². The molecule has 0 spiro atoms. The minimum Gasteiger partial charge on any atom is -0.496 e. The highest BCUT2D eigenvalue weighted by molar-refractivity contribution is 7.99. The number of methoxy groups -OCH3 is 5. The summed E-state index contributed by atoms with van der Waals surface area (Å²) in [7, 11) is 7.55. The van der Waals surface area contributed by atoms with E-state index < -0.39 is 5.43 Å². The fraction of sp³-hybridized carbons (Fsp3) is 0.211. The van der Waals surface area contributed by atoms with Crippen molar-refractivity contribution in [3.63, 3.8) is 0 Å². The third-order valence-corrected chi connectivity index (χ3v) is 9.64. The second-order valence-corrected chi connectivity index (χ2v) is 12.9. The molecule has 0 bridgehead atoms. The van der Waals surface area contributed by atoms with Crippen LogP contribution in [0.25, 0.3) is 44.5 Å². The molecule has 0 radical (unpaired) electrons. The number of hydrogen-bond donors (Lipinski definition) is 0. The van der Waals surface area contributed by atoms with Gasteiger partial charge < -0.3 is 32.8 Å². The Kier molecular flexibility index (Phi) is 10.8. The largest absolute Gasteiger partial charge is 0.496 e. The van der Waals surface area contributed by atoms with E-state index in [0.29, 0.717) is 56.5 Å². The van der Waals surface area contributed by atoms with E-state index in [-0.39, 0.29) is 29.1 Å². The van der Waals surface area contributed by atoms with Crippen LogP contribution in [0.4, 0.5) is 0 Å². The number of nitrogens with zero attached hydrogens (tertiary/aromatic N) is 1. The lowest BCUT2D eigenvalue weighted by Crippen LogP contribution is -2.12. The molecule has 0 aliphatic carbocycles. The van der Waals surface area contributed by atoms with Crippen molar-refractivity contribution in [3.05, 3.63) is 93.1 Å². The van der Waals surface area contributed by atoms with Gasteiger partial charge in [0.25, 0.3) is 0 Å². The first-order valence-electron chi connectivity index (χ1n) is 15.4. The number of rotatable bonds is 13. The van der Waals surface area contributed by atoms with Crippen LogP contribution < -0.4 is 33.8 Å². The van der Waals surface area contributed by atoms with Gasteiger partial charge in [-0.15, -0.1) is 11.8 Å². The molecular formula is C38H33Cl2NO8S. The molecule has 0 unspecified atom stereocenters. The second-order valence-electron chi connectivity index (χ2n) is 10.9. The Hall–Kier alpha value is -4.77. The molecule has 2 heterocycles. The van der Waals surface area contributed by atoms with Crippen LogP contribution in [0.2, 0.25) is 10.0 Å². The van der Waals surface area contributed by atoms with Crippen LogP contribution in [0.5, 0.6) is 34.5 Å². The van der Waals surface area contributed by atoms with Crippen LogP contribution >= 0.6 is 35.0 Å². The molecular weight excluding hydrogens is 701 g/mol. The second kappa shape index (κ2) is 15.4. The molecule has 2 aromatic heterocycles. The van der Waals surface area contributed by atoms with E-state index >= 15 is 0 Å². The number of thioether (sulfide) groups is 1. The maximum atomic E-state index is 14.2. The van der Waals surface area contributed by atoms with Gasteiger partial charge in [0.05, 0.1) is 58.4 Å². The van der Waals surface area contributed by atoms with Gasteiger partial charge in [0.2, 0.25) is 16.9 Å². The summed E-state index contributed by atoms with van der Waals surface area (Å²) in [6.07, 6.45) is 0.601. The first kappa shape index (κ1) is 35.1. The summed E-state index contributed by atoms with van der Waals surface area (Å²) in [5.74, 6) is 2.83. The van der Waals surface area contributed by atoms with Gasteiger partial charge in [0.1, 0.15) is 22.5 Å². The number of hydrogen-bond acceptors (Lipinski definition) is 10. The van der Waals surface area contributed by atoms with E-state index in [0.717, 1.165) is 27.1 Å². The molecule has 258 valence electrons. The number of fused-ring (bicyclic) bond motifs is 2. The van der Waals surface area contributed by atoms with Crippen molar-refractivity contribution in [3.8, 4) is 57.1 Å². The Morgan fingerprint density at radius 2 is 1.52 bits per heavy atom. The summed E-state index contributed by atoms with van der Waals surface area (Å²) < 4.78 is 40.3. The molecule has 0 amide bonds. The fourth-order valence-corrected chi connectivity index (χ4v) is 7.08. The zero-order valence-electron chi connectivity index (χ0n) is 27.9. The molecule has 6 rings (SSSR count). The van der Waals surface area contributed by atoms with Crippen molar-refractivity contribution >= 4 is 56.8 Å². The number of halogens is 2. The smallest absolute Gasteiger partial charge is 0.239 e. The van der Waals surface area contributed by atoms with Gasteiger partial charge in [-0.25, -0.2) is 4.98 Å². The van der Waals surface area contributed by atoms with E-state index in [1.54, 1.807) is 48.2 Å². The van der Waals surface area contributed by atoms with Crippen LogP contribution in [0, 0.1) is 0 Å². The number of ether oxygens (including phenoxy) is 6. The number of aromatic nitrogens is 1. The third kappa shape index (κ3) is 6.96. The summed E-state index contributed by atoms with van der Waals surface area (Å²) in [4.78, 5) is 20.1. The van der Waals surface area contributed by atoms with E-state index in [1.165, 1.54) is 35.5 Å². The Bertz CT molecular complexity index is 2230. The normalized spacial score (nSPS) is 11.1. The minimum atomic E-state index is -0.397. The summed E-state index contributed by atoms with van der Waals surface area (Å²) >= 11 is 14.4. The minimum absolute atomic E-state index is 0.0225. The molecule has 0 N–H and O–H groups in total. The molecule has 6 aromatic rings. The highest BCUT2D eigenvalue weighted by atomic mass is 35.5. The van der Waals surface area contributed by atoms with Gasteiger partial charge in [0.15, 0.2) is 17.3 Å².